The standard InChI is InChI=1S/C13H20FNO/c1-9(2)8-15(4)13-6-5-11(10(3)16)7-12(13)14/h5-7,9-10,16H,8H2,1-4H3/t10-/m0/s1. The Hall–Kier alpha value is -1.09. The fourth-order valence-corrected chi connectivity index (χ4v) is 1.74. The van der Waals surface area contributed by atoms with Gasteiger partial charge >= 0.3 is 0 Å². The maximum Gasteiger partial charge on any atom is 0.146 e. The molecule has 0 aromatic heterocycles. The highest BCUT2D eigenvalue weighted by Gasteiger charge is 2.11. The Labute approximate surface area is 96.7 Å². The Morgan fingerprint density at radius 1 is 1.31 bits per heavy atom. The number of hydrogen-bond donors (Lipinski definition) is 1. The normalized spacial score (nSPS) is 12.9. The van der Waals surface area contributed by atoms with Crippen LogP contribution in [0.4, 0.5) is 10.1 Å². The van der Waals surface area contributed by atoms with Crippen molar-refractivity contribution in [2.45, 2.75) is 26.9 Å². The minimum atomic E-state index is -0.626. The minimum Gasteiger partial charge on any atom is -0.389 e. The number of rotatable bonds is 4. The van der Waals surface area contributed by atoms with Crippen LogP contribution in [0.1, 0.15) is 32.4 Å². The molecule has 2 nitrogen and oxygen atoms in total. The molecular formula is C13H20FNO. The van der Waals surface area contributed by atoms with Crippen LogP contribution in [0.25, 0.3) is 0 Å². The molecule has 16 heavy (non-hydrogen) atoms. The molecule has 1 aromatic carbocycles. The van der Waals surface area contributed by atoms with Crippen LogP contribution >= 0.6 is 0 Å². The average molecular weight is 225 g/mol. The van der Waals surface area contributed by atoms with E-state index in [2.05, 4.69) is 13.8 Å². The predicted molar refractivity (Wildman–Crippen MR) is 65.1 cm³/mol. The summed E-state index contributed by atoms with van der Waals surface area (Å²) in [6.07, 6.45) is -0.626. The molecule has 1 atom stereocenters. The third-order valence-corrected chi connectivity index (χ3v) is 2.50. The zero-order valence-electron chi connectivity index (χ0n) is 10.4. The van der Waals surface area contributed by atoms with E-state index in [1.807, 2.05) is 11.9 Å². The Morgan fingerprint density at radius 3 is 2.38 bits per heavy atom. The highest BCUT2D eigenvalue weighted by molar-refractivity contribution is 5.48. The number of hydrogen-bond acceptors (Lipinski definition) is 2. The molecule has 3 heteroatoms. The fourth-order valence-electron chi connectivity index (χ4n) is 1.74. The van der Waals surface area contributed by atoms with Crippen molar-refractivity contribution in [1.82, 2.24) is 0 Å². The van der Waals surface area contributed by atoms with Crippen molar-refractivity contribution in [2.75, 3.05) is 18.5 Å². The van der Waals surface area contributed by atoms with Gasteiger partial charge in [-0.2, -0.15) is 0 Å². The molecule has 0 heterocycles. The van der Waals surface area contributed by atoms with E-state index >= 15 is 0 Å². The van der Waals surface area contributed by atoms with Crippen LogP contribution in [0, 0.1) is 11.7 Å². The highest BCUT2D eigenvalue weighted by atomic mass is 19.1. The number of halogens is 1. The lowest BCUT2D eigenvalue weighted by Gasteiger charge is -2.22. The lowest BCUT2D eigenvalue weighted by atomic mass is 10.1. The molecule has 0 amide bonds. The third-order valence-electron chi connectivity index (χ3n) is 2.50. The quantitative estimate of drug-likeness (QED) is 0.851. The first-order valence-corrected chi connectivity index (χ1v) is 5.60. The van der Waals surface area contributed by atoms with Gasteiger partial charge in [-0.15, -0.1) is 0 Å². The molecule has 1 aromatic rings. The van der Waals surface area contributed by atoms with Crippen LogP contribution in [0.15, 0.2) is 18.2 Å². The average Bonchev–Trinajstić information content (AvgIpc) is 2.15. The van der Waals surface area contributed by atoms with Gasteiger partial charge in [-0.05, 0) is 30.5 Å². The van der Waals surface area contributed by atoms with E-state index in [-0.39, 0.29) is 5.82 Å². The van der Waals surface area contributed by atoms with Gasteiger partial charge in [0.25, 0.3) is 0 Å². The summed E-state index contributed by atoms with van der Waals surface area (Å²) in [6.45, 7) is 6.63. The Balaban J connectivity index is 2.90. The van der Waals surface area contributed by atoms with Crippen molar-refractivity contribution < 1.29 is 9.50 Å². The maximum atomic E-state index is 13.8. The Kier molecular flexibility index (Phi) is 4.30. The molecule has 0 fully saturated rings. The van der Waals surface area contributed by atoms with Gasteiger partial charge in [0.1, 0.15) is 5.82 Å². The molecule has 0 spiro atoms. The largest absolute Gasteiger partial charge is 0.389 e. The van der Waals surface area contributed by atoms with Crippen molar-refractivity contribution in [1.29, 1.82) is 0 Å². The van der Waals surface area contributed by atoms with E-state index in [4.69, 9.17) is 0 Å². The first kappa shape index (κ1) is 13.0. The number of anilines is 1. The van der Waals surface area contributed by atoms with Crippen molar-refractivity contribution in [3.05, 3.63) is 29.6 Å². The van der Waals surface area contributed by atoms with Crippen LogP contribution < -0.4 is 4.90 Å². The molecule has 0 saturated heterocycles. The first-order chi connectivity index (χ1) is 7.41. The molecule has 0 bridgehead atoms. The van der Waals surface area contributed by atoms with Gasteiger partial charge in [0.2, 0.25) is 0 Å². The molecule has 0 aliphatic carbocycles. The van der Waals surface area contributed by atoms with Crippen LogP contribution in [0.2, 0.25) is 0 Å². The van der Waals surface area contributed by atoms with Gasteiger partial charge in [0.05, 0.1) is 11.8 Å². The predicted octanol–water partition coefficient (Wildman–Crippen LogP) is 2.97. The number of aliphatic hydroxyl groups is 1. The van der Waals surface area contributed by atoms with E-state index in [1.165, 1.54) is 6.07 Å². The first-order valence-electron chi connectivity index (χ1n) is 5.60. The zero-order valence-corrected chi connectivity index (χ0v) is 10.4. The van der Waals surface area contributed by atoms with E-state index in [9.17, 15) is 9.50 Å². The molecule has 90 valence electrons. The van der Waals surface area contributed by atoms with E-state index in [0.717, 1.165) is 6.54 Å². The van der Waals surface area contributed by atoms with Gasteiger partial charge in [-0.3, -0.25) is 0 Å². The molecular weight excluding hydrogens is 205 g/mol. The van der Waals surface area contributed by atoms with Gasteiger partial charge in [-0.1, -0.05) is 19.9 Å². The number of benzene rings is 1. The van der Waals surface area contributed by atoms with Gasteiger partial charge in [0, 0.05) is 13.6 Å². The second kappa shape index (κ2) is 5.30. The molecule has 1 N–H and O–H groups in total. The second-order valence-electron chi connectivity index (χ2n) is 4.66. The van der Waals surface area contributed by atoms with Gasteiger partial charge in [0.15, 0.2) is 0 Å². The van der Waals surface area contributed by atoms with Crippen molar-refractivity contribution in [2.24, 2.45) is 5.92 Å². The van der Waals surface area contributed by atoms with Crippen LogP contribution in [0.3, 0.4) is 0 Å². The van der Waals surface area contributed by atoms with E-state index in [0.29, 0.717) is 17.2 Å². The van der Waals surface area contributed by atoms with Crippen molar-refractivity contribution in [3.8, 4) is 0 Å². The van der Waals surface area contributed by atoms with Crippen LogP contribution in [-0.4, -0.2) is 18.7 Å². The van der Waals surface area contributed by atoms with E-state index < -0.39 is 6.10 Å². The lowest BCUT2D eigenvalue weighted by Crippen LogP contribution is -2.23. The monoisotopic (exact) mass is 225 g/mol. The molecule has 0 radical (unpaired) electrons. The van der Waals surface area contributed by atoms with Crippen LogP contribution in [-0.2, 0) is 0 Å². The molecule has 1 rings (SSSR count). The maximum absolute atomic E-state index is 13.8. The molecule has 0 aliphatic rings. The third kappa shape index (κ3) is 3.20. The molecule has 0 aliphatic heterocycles. The molecule has 0 unspecified atom stereocenters. The SMILES string of the molecule is CC(C)CN(C)c1ccc([C@H](C)O)cc1F. The van der Waals surface area contributed by atoms with Gasteiger partial charge < -0.3 is 10.0 Å². The summed E-state index contributed by atoms with van der Waals surface area (Å²) in [5, 5.41) is 9.34. The van der Waals surface area contributed by atoms with Gasteiger partial charge in [-0.25, -0.2) is 4.39 Å². The second-order valence-corrected chi connectivity index (χ2v) is 4.66. The number of aliphatic hydroxyl groups excluding tert-OH is 1. The summed E-state index contributed by atoms with van der Waals surface area (Å²) in [4.78, 5) is 1.89. The van der Waals surface area contributed by atoms with Crippen molar-refractivity contribution >= 4 is 5.69 Å². The zero-order chi connectivity index (χ0) is 12.3. The fraction of sp³-hybridized carbons (Fsp3) is 0.538. The topological polar surface area (TPSA) is 23.5 Å². The highest BCUT2D eigenvalue weighted by Crippen LogP contribution is 2.23. The summed E-state index contributed by atoms with van der Waals surface area (Å²) in [6, 6.07) is 4.89. The summed E-state index contributed by atoms with van der Waals surface area (Å²) in [7, 11) is 1.88. The molecule has 0 saturated carbocycles. The summed E-state index contributed by atoms with van der Waals surface area (Å²) in [5.74, 6) is 0.211. The Morgan fingerprint density at radius 2 is 1.94 bits per heavy atom. The summed E-state index contributed by atoms with van der Waals surface area (Å²) < 4.78 is 13.8. The van der Waals surface area contributed by atoms with Crippen LogP contribution in [0.5, 0.6) is 0 Å². The Bertz CT molecular complexity index is 350. The summed E-state index contributed by atoms with van der Waals surface area (Å²) >= 11 is 0. The minimum absolute atomic E-state index is 0.276. The smallest absolute Gasteiger partial charge is 0.146 e. The summed E-state index contributed by atoms with van der Waals surface area (Å²) in [5.41, 5.74) is 1.19. The van der Waals surface area contributed by atoms with E-state index in [1.54, 1.807) is 19.1 Å². The van der Waals surface area contributed by atoms with Crippen molar-refractivity contribution in [3.63, 3.8) is 0 Å². The lowest BCUT2D eigenvalue weighted by molar-refractivity contribution is 0.199. The number of nitrogens with zero attached hydrogens (tertiary/aromatic N) is 1.